The van der Waals surface area contributed by atoms with Gasteiger partial charge in [-0.1, -0.05) is 31.6 Å². The second-order valence-corrected chi connectivity index (χ2v) is 5.94. The molecule has 1 heteroatoms. The summed E-state index contributed by atoms with van der Waals surface area (Å²) >= 11 is 0. The number of aldehydes is 1. The van der Waals surface area contributed by atoms with Crippen LogP contribution in [0.2, 0.25) is 0 Å². The van der Waals surface area contributed by atoms with E-state index >= 15 is 0 Å². The van der Waals surface area contributed by atoms with E-state index < -0.39 is 0 Å². The Hall–Kier alpha value is -0.850. The number of carbonyl (C=O) groups is 1. The van der Waals surface area contributed by atoms with Crippen LogP contribution >= 0.6 is 0 Å². The summed E-state index contributed by atoms with van der Waals surface area (Å²) in [6, 6.07) is 0. The summed E-state index contributed by atoms with van der Waals surface area (Å²) in [5.74, 6) is 1.53. The van der Waals surface area contributed by atoms with Crippen molar-refractivity contribution in [3.05, 3.63) is 23.3 Å². The lowest BCUT2D eigenvalue weighted by atomic mass is 10.0. The van der Waals surface area contributed by atoms with E-state index in [0.717, 1.165) is 43.0 Å². The molecular weight excluding hydrogens is 196 g/mol. The lowest BCUT2D eigenvalue weighted by molar-refractivity contribution is -0.105. The van der Waals surface area contributed by atoms with Gasteiger partial charge in [0.15, 0.2) is 0 Å². The highest BCUT2D eigenvalue weighted by molar-refractivity contribution is 5.73. The minimum Gasteiger partial charge on any atom is -0.298 e. The zero-order chi connectivity index (χ0) is 11.8. The third-order valence-electron chi connectivity index (χ3n) is 4.44. The molecule has 2 rings (SSSR count). The molecule has 1 saturated carbocycles. The third kappa shape index (κ3) is 2.14. The molecule has 0 amide bonds. The molecule has 1 fully saturated rings. The number of carbonyl (C=O) groups excluding carboxylic acids is 1. The van der Waals surface area contributed by atoms with Gasteiger partial charge in [-0.2, -0.15) is 0 Å². The van der Waals surface area contributed by atoms with Gasteiger partial charge in [0.2, 0.25) is 0 Å². The summed E-state index contributed by atoms with van der Waals surface area (Å²) in [4.78, 5) is 10.9. The summed E-state index contributed by atoms with van der Waals surface area (Å²) in [5.41, 5.74) is 2.96. The van der Waals surface area contributed by atoms with Gasteiger partial charge in [0.25, 0.3) is 0 Å². The van der Waals surface area contributed by atoms with Gasteiger partial charge in [-0.15, -0.1) is 0 Å². The van der Waals surface area contributed by atoms with Crippen LogP contribution in [0.1, 0.15) is 46.5 Å². The molecule has 0 aromatic rings. The first-order valence-corrected chi connectivity index (χ1v) is 6.37. The SMILES string of the molecule is C/C1=C\[C@@H]2[C@H](CC/C(C=O)=C/CC1)C2(C)C. The zero-order valence-electron chi connectivity index (χ0n) is 10.6. The molecule has 1 nitrogen and oxygen atoms in total. The molecule has 0 saturated heterocycles. The highest BCUT2D eigenvalue weighted by Gasteiger charge is 2.55. The minimum absolute atomic E-state index is 0.458. The Labute approximate surface area is 98.6 Å². The maximum atomic E-state index is 10.9. The Bertz CT molecular complexity index is 346. The Morgan fingerprint density at radius 2 is 2.12 bits per heavy atom. The van der Waals surface area contributed by atoms with Gasteiger partial charge < -0.3 is 0 Å². The Morgan fingerprint density at radius 1 is 1.38 bits per heavy atom. The zero-order valence-corrected chi connectivity index (χ0v) is 10.6. The monoisotopic (exact) mass is 218 g/mol. The maximum Gasteiger partial charge on any atom is 0.145 e. The number of allylic oxidation sites excluding steroid dienone is 4. The van der Waals surface area contributed by atoms with Crippen LogP contribution < -0.4 is 0 Å². The van der Waals surface area contributed by atoms with Crippen molar-refractivity contribution < 1.29 is 4.79 Å². The van der Waals surface area contributed by atoms with Crippen molar-refractivity contribution in [3.63, 3.8) is 0 Å². The van der Waals surface area contributed by atoms with E-state index in [1.165, 1.54) is 12.0 Å². The smallest absolute Gasteiger partial charge is 0.145 e. The molecule has 88 valence electrons. The van der Waals surface area contributed by atoms with E-state index in [2.05, 4.69) is 32.9 Å². The van der Waals surface area contributed by atoms with Gasteiger partial charge in [-0.3, -0.25) is 4.79 Å². The molecule has 0 unspecified atom stereocenters. The van der Waals surface area contributed by atoms with Gasteiger partial charge in [-0.05, 0) is 55.4 Å². The predicted octanol–water partition coefficient (Wildman–Crippen LogP) is 3.90. The molecule has 0 aromatic carbocycles. The van der Waals surface area contributed by atoms with Gasteiger partial charge in [0.1, 0.15) is 6.29 Å². The Balaban J connectivity index is 2.15. The van der Waals surface area contributed by atoms with Crippen LogP contribution in [0.5, 0.6) is 0 Å². The number of hydrogen-bond acceptors (Lipinski definition) is 1. The van der Waals surface area contributed by atoms with Gasteiger partial charge in [-0.25, -0.2) is 0 Å². The lowest BCUT2D eigenvalue weighted by Gasteiger charge is -2.04. The van der Waals surface area contributed by atoms with Crippen molar-refractivity contribution in [1.29, 1.82) is 0 Å². The summed E-state index contributed by atoms with van der Waals surface area (Å²) in [5, 5.41) is 0. The van der Waals surface area contributed by atoms with E-state index in [0.29, 0.717) is 5.41 Å². The highest BCUT2D eigenvalue weighted by atomic mass is 16.1. The summed E-state index contributed by atoms with van der Waals surface area (Å²) in [6.07, 6.45) is 9.92. The average Bonchev–Trinajstić information content (AvgIpc) is 2.74. The van der Waals surface area contributed by atoms with Crippen LogP contribution in [0.3, 0.4) is 0 Å². The second kappa shape index (κ2) is 4.20. The molecular formula is C15H22O. The first-order chi connectivity index (χ1) is 7.55. The van der Waals surface area contributed by atoms with E-state index in [1.807, 2.05) is 0 Å². The molecule has 0 spiro atoms. The number of fused-ring (bicyclic) bond motifs is 1. The normalized spacial score (nSPS) is 39.7. The average molecular weight is 218 g/mol. The number of rotatable bonds is 1. The summed E-state index contributed by atoms with van der Waals surface area (Å²) in [6.45, 7) is 6.93. The standard InChI is InChI=1S/C15H22O/c1-11-5-4-6-12(10-16)7-8-13-14(9-11)15(13,2)3/h6,9-10,13-14H,4-5,7-8H2,1-3H3/b11-9+,12-6-/t13-,14+/m0/s1. The minimum atomic E-state index is 0.458. The van der Waals surface area contributed by atoms with Crippen molar-refractivity contribution in [2.75, 3.05) is 0 Å². The van der Waals surface area contributed by atoms with Crippen molar-refractivity contribution in [2.24, 2.45) is 17.3 Å². The van der Waals surface area contributed by atoms with Crippen molar-refractivity contribution in [1.82, 2.24) is 0 Å². The highest BCUT2D eigenvalue weighted by Crippen LogP contribution is 2.61. The van der Waals surface area contributed by atoms with Crippen molar-refractivity contribution in [3.8, 4) is 0 Å². The molecule has 0 aromatic heterocycles. The summed E-state index contributed by atoms with van der Waals surface area (Å²) < 4.78 is 0. The van der Waals surface area contributed by atoms with Gasteiger partial charge in [0, 0.05) is 0 Å². The molecule has 0 aliphatic heterocycles. The maximum absolute atomic E-state index is 10.9. The molecule has 0 bridgehead atoms. The molecule has 0 heterocycles. The quantitative estimate of drug-likeness (QED) is 0.482. The number of hydrogen-bond donors (Lipinski definition) is 0. The second-order valence-electron chi connectivity index (χ2n) is 5.94. The third-order valence-corrected chi connectivity index (χ3v) is 4.44. The van der Waals surface area contributed by atoms with Crippen LogP contribution in [0.4, 0.5) is 0 Å². The van der Waals surface area contributed by atoms with E-state index in [1.54, 1.807) is 0 Å². The van der Waals surface area contributed by atoms with Crippen LogP contribution in [0.15, 0.2) is 23.3 Å². The molecule has 2 atom stereocenters. The van der Waals surface area contributed by atoms with Gasteiger partial charge >= 0.3 is 0 Å². The molecule has 2 aliphatic rings. The topological polar surface area (TPSA) is 17.1 Å². The fraction of sp³-hybridized carbons (Fsp3) is 0.667. The van der Waals surface area contributed by atoms with Crippen LogP contribution in [0, 0.1) is 17.3 Å². The molecule has 0 N–H and O–H groups in total. The van der Waals surface area contributed by atoms with Crippen LogP contribution in [-0.2, 0) is 4.79 Å². The van der Waals surface area contributed by atoms with E-state index in [4.69, 9.17) is 0 Å². The molecule has 2 aliphatic carbocycles. The Morgan fingerprint density at radius 3 is 2.81 bits per heavy atom. The lowest BCUT2D eigenvalue weighted by Crippen LogP contribution is -1.93. The predicted molar refractivity (Wildman–Crippen MR) is 67.1 cm³/mol. The van der Waals surface area contributed by atoms with Gasteiger partial charge in [0.05, 0.1) is 0 Å². The largest absolute Gasteiger partial charge is 0.298 e. The fourth-order valence-corrected chi connectivity index (χ4v) is 3.08. The summed E-state index contributed by atoms with van der Waals surface area (Å²) in [7, 11) is 0. The van der Waals surface area contributed by atoms with E-state index in [9.17, 15) is 4.79 Å². The van der Waals surface area contributed by atoms with E-state index in [-0.39, 0.29) is 0 Å². The fourth-order valence-electron chi connectivity index (χ4n) is 3.08. The molecule has 16 heavy (non-hydrogen) atoms. The Kier molecular flexibility index (Phi) is 3.05. The van der Waals surface area contributed by atoms with Crippen LogP contribution in [0.25, 0.3) is 0 Å². The van der Waals surface area contributed by atoms with Crippen LogP contribution in [-0.4, -0.2) is 6.29 Å². The first-order valence-electron chi connectivity index (χ1n) is 6.37. The van der Waals surface area contributed by atoms with Crippen molar-refractivity contribution in [2.45, 2.75) is 46.5 Å². The molecule has 0 radical (unpaired) electrons. The first kappa shape index (κ1) is 11.6. The van der Waals surface area contributed by atoms with Crippen molar-refractivity contribution >= 4 is 6.29 Å².